The summed E-state index contributed by atoms with van der Waals surface area (Å²) in [7, 11) is 0. The molecule has 4 heteroatoms. The van der Waals surface area contributed by atoms with Crippen LogP contribution < -0.4 is 10.5 Å². The number of nitriles is 1. The van der Waals surface area contributed by atoms with E-state index in [4.69, 9.17) is 20.1 Å². The molecule has 0 radical (unpaired) electrons. The SMILES string of the molecule is Cc1oc(N)c(C#N)c1-c1ccc(OC(C)(C)C)cc1. The van der Waals surface area contributed by atoms with Gasteiger partial charge in [-0.2, -0.15) is 5.26 Å². The lowest BCUT2D eigenvalue weighted by molar-refractivity contribution is 0.131. The molecule has 1 heterocycles. The van der Waals surface area contributed by atoms with Gasteiger partial charge in [0.25, 0.3) is 0 Å². The van der Waals surface area contributed by atoms with Crippen LogP contribution in [0.3, 0.4) is 0 Å². The largest absolute Gasteiger partial charge is 0.488 e. The molecular formula is C16H18N2O2. The van der Waals surface area contributed by atoms with Crippen molar-refractivity contribution < 1.29 is 9.15 Å². The molecule has 2 N–H and O–H groups in total. The summed E-state index contributed by atoms with van der Waals surface area (Å²) in [5.41, 5.74) is 7.46. The zero-order valence-corrected chi connectivity index (χ0v) is 12.2. The van der Waals surface area contributed by atoms with Gasteiger partial charge in [-0.15, -0.1) is 0 Å². The zero-order chi connectivity index (χ0) is 14.9. The molecule has 1 aromatic heterocycles. The van der Waals surface area contributed by atoms with Gasteiger partial charge in [-0.1, -0.05) is 12.1 Å². The van der Waals surface area contributed by atoms with Gasteiger partial charge in [0.2, 0.25) is 5.88 Å². The molecule has 0 bridgehead atoms. The molecule has 0 fully saturated rings. The third kappa shape index (κ3) is 2.77. The Morgan fingerprint density at radius 1 is 1.20 bits per heavy atom. The number of nitrogen functional groups attached to an aromatic ring is 1. The van der Waals surface area contributed by atoms with Crippen LogP contribution in [-0.4, -0.2) is 5.60 Å². The Hall–Kier alpha value is -2.41. The second-order valence-electron chi connectivity index (χ2n) is 5.62. The van der Waals surface area contributed by atoms with Gasteiger partial charge in [-0.25, -0.2) is 0 Å². The second-order valence-corrected chi connectivity index (χ2v) is 5.62. The molecule has 0 saturated carbocycles. The van der Waals surface area contributed by atoms with Crippen molar-refractivity contribution in [2.24, 2.45) is 0 Å². The lowest BCUT2D eigenvalue weighted by atomic mass is 10.0. The number of anilines is 1. The van der Waals surface area contributed by atoms with E-state index in [9.17, 15) is 0 Å². The van der Waals surface area contributed by atoms with Crippen molar-refractivity contribution in [3.63, 3.8) is 0 Å². The molecule has 2 rings (SSSR count). The highest BCUT2D eigenvalue weighted by atomic mass is 16.5. The van der Waals surface area contributed by atoms with Crippen molar-refractivity contribution in [1.29, 1.82) is 5.26 Å². The fraction of sp³-hybridized carbons (Fsp3) is 0.312. The maximum atomic E-state index is 9.17. The van der Waals surface area contributed by atoms with Crippen molar-refractivity contribution in [3.05, 3.63) is 35.6 Å². The van der Waals surface area contributed by atoms with Crippen LogP contribution in [0.5, 0.6) is 5.75 Å². The summed E-state index contributed by atoms with van der Waals surface area (Å²) in [6.07, 6.45) is 0. The highest BCUT2D eigenvalue weighted by molar-refractivity contribution is 5.77. The Kier molecular flexibility index (Phi) is 3.46. The summed E-state index contributed by atoms with van der Waals surface area (Å²) in [5, 5.41) is 9.17. The molecule has 0 atom stereocenters. The predicted molar refractivity (Wildman–Crippen MR) is 78.4 cm³/mol. The molecule has 0 unspecified atom stereocenters. The minimum absolute atomic E-state index is 0.162. The number of ether oxygens (including phenoxy) is 1. The number of nitrogens with zero attached hydrogens (tertiary/aromatic N) is 1. The standard InChI is InChI=1S/C16H18N2O2/c1-10-14(13(9-17)15(18)19-10)11-5-7-12(8-6-11)20-16(2,3)4/h5-8H,18H2,1-4H3. The molecule has 0 aliphatic carbocycles. The van der Waals surface area contributed by atoms with Gasteiger partial charge in [0.15, 0.2) is 0 Å². The van der Waals surface area contributed by atoms with Crippen LogP contribution in [0.2, 0.25) is 0 Å². The van der Waals surface area contributed by atoms with E-state index < -0.39 is 0 Å². The summed E-state index contributed by atoms with van der Waals surface area (Å²) in [6, 6.07) is 9.65. The van der Waals surface area contributed by atoms with Crippen molar-refractivity contribution in [2.45, 2.75) is 33.3 Å². The number of hydrogen-bond donors (Lipinski definition) is 1. The smallest absolute Gasteiger partial charge is 0.209 e. The Labute approximate surface area is 118 Å². The first-order valence-electron chi connectivity index (χ1n) is 6.40. The van der Waals surface area contributed by atoms with Crippen LogP contribution in [0.4, 0.5) is 5.88 Å². The number of furan rings is 1. The Bertz CT molecular complexity index is 656. The van der Waals surface area contributed by atoms with E-state index in [1.165, 1.54) is 0 Å². The fourth-order valence-electron chi connectivity index (χ4n) is 2.07. The zero-order valence-electron chi connectivity index (χ0n) is 12.2. The third-order valence-electron chi connectivity index (χ3n) is 2.79. The summed E-state index contributed by atoms with van der Waals surface area (Å²) in [5.74, 6) is 1.59. The van der Waals surface area contributed by atoms with Gasteiger partial charge < -0.3 is 14.9 Å². The van der Waals surface area contributed by atoms with E-state index in [1.54, 1.807) is 6.92 Å². The highest BCUT2D eigenvalue weighted by Gasteiger charge is 2.18. The van der Waals surface area contributed by atoms with E-state index in [1.807, 2.05) is 45.0 Å². The van der Waals surface area contributed by atoms with Gasteiger partial charge in [-0.3, -0.25) is 0 Å². The minimum Gasteiger partial charge on any atom is -0.488 e. The third-order valence-corrected chi connectivity index (χ3v) is 2.79. The van der Waals surface area contributed by atoms with Crippen molar-refractivity contribution in [3.8, 4) is 22.9 Å². The average molecular weight is 270 g/mol. The highest BCUT2D eigenvalue weighted by Crippen LogP contribution is 2.34. The van der Waals surface area contributed by atoms with E-state index in [-0.39, 0.29) is 11.5 Å². The van der Waals surface area contributed by atoms with E-state index in [0.29, 0.717) is 11.3 Å². The number of rotatable bonds is 2. The van der Waals surface area contributed by atoms with E-state index in [0.717, 1.165) is 16.9 Å². The molecule has 2 aromatic rings. The number of benzene rings is 1. The monoisotopic (exact) mass is 270 g/mol. The van der Waals surface area contributed by atoms with Crippen LogP contribution in [0.15, 0.2) is 28.7 Å². The summed E-state index contributed by atoms with van der Waals surface area (Å²) in [6.45, 7) is 7.78. The first-order valence-corrected chi connectivity index (χ1v) is 6.40. The maximum Gasteiger partial charge on any atom is 0.209 e. The number of nitrogens with two attached hydrogens (primary N) is 1. The fourth-order valence-corrected chi connectivity index (χ4v) is 2.07. The van der Waals surface area contributed by atoms with Gasteiger partial charge >= 0.3 is 0 Å². The minimum atomic E-state index is -0.241. The summed E-state index contributed by atoms with van der Waals surface area (Å²) >= 11 is 0. The molecular weight excluding hydrogens is 252 g/mol. The second kappa shape index (κ2) is 4.93. The van der Waals surface area contributed by atoms with Crippen molar-refractivity contribution >= 4 is 5.88 Å². The molecule has 20 heavy (non-hydrogen) atoms. The lowest BCUT2D eigenvalue weighted by Gasteiger charge is -2.21. The number of aryl methyl sites for hydroxylation is 1. The van der Waals surface area contributed by atoms with Crippen LogP contribution in [0, 0.1) is 18.3 Å². The molecule has 0 aliphatic rings. The molecule has 0 aliphatic heterocycles. The molecule has 0 spiro atoms. The van der Waals surface area contributed by atoms with Gasteiger partial charge in [0.1, 0.15) is 28.7 Å². The quantitative estimate of drug-likeness (QED) is 0.898. The van der Waals surface area contributed by atoms with Gasteiger partial charge in [-0.05, 0) is 45.4 Å². The lowest BCUT2D eigenvalue weighted by Crippen LogP contribution is -2.22. The first kappa shape index (κ1) is 14.0. The van der Waals surface area contributed by atoms with E-state index >= 15 is 0 Å². The molecule has 1 aromatic carbocycles. The normalized spacial score (nSPS) is 11.2. The summed E-state index contributed by atoms with van der Waals surface area (Å²) in [4.78, 5) is 0. The molecule has 0 saturated heterocycles. The first-order chi connectivity index (χ1) is 9.31. The number of hydrogen-bond acceptors (Lipinski definition) is 4. The average Bonchev–Trinajstić information content (AvgIpc) is 2.62. The molecule has 4 nitrogen and oxygen atoms in total. The summed E-state index contributed by atoms with van der Waals surface area (Å²) < 4.78 is 11.1. The van der Waals surface area contributed by atoms with E-state index in [2.05, 4.69) is 6.07 Å². The van der Waals surface area contributed by atoms with Crippen LogP contribution in [0.1, 0.15) is 32.1 Å². The predicted octanol–water partition coefficient (Wildman–Crippen LogP) is 3.89. The van der Waals surface area contributed by atoms with Crippen LogP contribution >= 0.6 is 0 Å². The van der Waals surface area contributed by atoms with Crippen molar-refractivity contribution in [1.82, 2.24) is 0 Å². The van der Waals surface area contributed by atoms with Crippen molar-refractivity contribution in [2.75, 3.05) is 5.73 Å². The van der Waals surface area contributed by atoms with Gasteiger partial charge in [0.05, 0.1) is 0 Å². The maximum absolute atomic E-state index is 9.17. The Balaban J connectivity index is 2.39. The molecule has 0 amide bonds. The Morgan fingerprint density at radius 3 is 2.30 bits per heavy atom. The topological polar surface area (TPSA) is 72.2 Å². The molecule has 104 valence electrons. The Morgan fingerprint density at radius 2 is 1.80 bits per heavy atom. The van der Waals surface area contributed by atoms with Crippen LogP contribution in [-0.2, 0) is 0 Å². The van der Waals surface area contributed by atoms with Gasteiger partial charge in [0, 0.05) is 5.56 Å². The van der Waals surface area contributed by atoms with Crippen LogP contribution in [0.25, 0.3) is 11.1 Å².